The molecule has 0 aromatic carbocycles. The maximum atomic E-state index is 5.36. The van der Waals surface area contributed by atoms with Gasteiger partial charge in [0.05, 0.1) is 0 Å². The second-order valence-corrected chi connectivity index (χ2v) is 5.42. The molecular formula is C12H19N3OS. The number of anilines is 1. The second kappa shape index (κ2) is 6.21. The van der Waals surface area contributed by atoms with Gasteiger partial charge in [-0.25, -0.2) is 9.97 Å². The van der Waals surface area contributed by atoms with E-state index >= 15 is 0 Å². The van der Waals surface area contributed by atoms with Gasteiger partial charge in [-0.2, -0.15) is 0 Å². The fourth-order valence-corrected chi connectivity index (χ4v) is 2.97. The number of aromatic nitrogens is 2. The molecule has 2 rings (SSSR count). The Bertz CT molecular complexity index is 367. The van der Waals surface area contributed by atoms with Crippen LogP contribution < -0.4 is 5.32 Å². The van der Waals surface area contributed by atoms with Crippen molar-refractivity contribution >= 4 is 17.6 Å². The van der Waals surface area contributed by atoms with Gasteiger partial charge in [0, 0.05) is 31.1 Å². The van der Waals surface area contributed by atoms with Crippen LogP contribution in [0.2, 0.25) is 0 Å². The highest BCUT2D eigenvalue weighted by Crippen LogP contribution is 2.29. The number of rotatable bonds is 4. The van der Waals surface area contributed by atoms with Gasteiger partial charge in [0.1, 0.15) is 16.7 Å². The Hall–Kier alpha value is -0.810. The summed E-state index contributed by atoms with van der Waals surface area (Å²) >= 11 is 1.85. The highest BCUT2D eigenvalue weighted by molar-refractivity contribution is 7.99. The minimum absolute atomic E-state index is 0.632. The first-order chi connectivity index (χ1) is 8.28. The first-order valence-corrected chi connectivity index (χ1v) is 7.00. The Balaban J connectivity index is 2.03. The standard InChI is InChI=1S/C12H19N3OS/c1-3-13-11-8-12(15-9(2)14-11)17-10-4-6-16-7-5-10/h8,10H,3-7H2,1-2H3,(H,13,14,15). The van der Waals surface area contributed by atoms with Crippen molar-refractivity contribution in [2.24, 2.45) is 0 Å². The molecule has 1 N–H and O–H groups in total. The van der Waals surface area contributed by atoms with E-state index in [9.17, 15) is 0 Å². The van der Waals surface area contributed by atoms with E-state index in [1.165, 1.54) is 0 Å². The van der Waals surface area contributed by atoms with Crippen molar-refractivity contribution in [2.75, 3.05) is 25.1 Å². The van der Waals surface area contributed by atoms with Gasteiger partial charge in [0.15, 0.2) is 0 Å². The third-order valence-corrected chi connectivity index (χ3v) is 3.88. The molecule has 1 aromatic heterocycles. The van der Waals surface area contributed by atoms with Crippen molar-refractivity contribution in [3.8, 4) is 0 Å². The minimum atomic E-state index is 0.632. The van der Waals surface area contributed by atoms with E-state index in [4.69, 9.17) is 4.74 Å². The van der Waals surface area contributed by atoms with E-state index in [0.717, 1.165) is 49.3 Å². The van der Waals surface area contributed by atoms with E-state index in [2.05, 4.69) is 22.2 Å². The van der Waals surface area contributed by atoms with Gasteiger partial charge in [-0.1, -0.05) is 0 Å². The fourth-order valence-electron chi connectivity index (χ4n) is 1.84. The zero-order valence-electron chi connectivity index (χ0n) is 10.4. The van der Waals surface area contributed by atoms with Gasteiger partial charge in [0.2, 0.25) is 0 Å². The lowest BCUT2D eigenvalue weighted by atomic mass is 10.2. The van der Waals surface area contributed by atoms with Gasteiger partial charge in [-0.3, -0.25) is 0 Å². The van der Waals surface area contributed by atoms with Crippen LogP contribution in [-0.2, 0) is 4.74 Å². The molecule has 1 fully saturated rings. The monoisotopic (exact) mass is 253 g/mol. The third kappa shape index (κ3) is 3.85. The summed E-state index contributed by atoms with van der Waals surface area (Å²) in [4.78, 5) is 8.84. The predicted octanol–water partition coefficient (Wildman–Crippen LogP) is 2.49. The molecule has 0 unspecified atom stereocenters. The summed E-state index contributed by atoms with van der Waals surface area (Å²) in [5, 5.41) is 4.94. The minimum Gasteiger partial charge on any atom is -0.381 e. The summed E-state index contributed by atoms with van der Waals surface area (Å²) in [6.45, 7) is 6.65. The van der Waals surface area contributed by atoms with Crippen LogP contribution >= 0.6 is 11.8 Å². The lowest BCUT2D eigenvalue weighted by Gasteiger charge is -2.21. The summed E-state index contributed by atoms with van der Waals surface area (Å²) in [5.41, 5.74) is 0. The third-order valence-electron chi connectivity index (χ3n) is 2.63. The van der Waals surface area contributed by atoms with Crippen molar-refractivity contribution in [3.63, 3.8) is 0 Å². The van der Waals surface area contributed by atoms with Crippen LogP contribution in [0, 0.1) is 6.92 Å². The van der Waals surface area contributed by atoms with Crippen LogP contribution in [0.25, 0.3) is 0 Å². The Morgan fingerprint density at radius 2 is 2.18 bits per heavy atom. The molecule has 94 valence electrons. The maximum absolute atomic E-state index is 5.36. The van der Waals surface area contributed by atoms with Crippen LogP contribution in [0.4, 0.5) is 5.82 Å². The van der Waals surface area contributed by atoms with Crippen LogP contribution in [0.15, 0.2) is 11.1 Å². The van der Waals surface area contributed by atoms with Crippen molar-refractivity contribution in [1.82, 2.24) is 9.97 Å². The lowest BCUT2D eigenvalue weighted by Crippen LogP contribution is -2.17. The number of nitrogens with zero attached hydrogens (tertiary/aromatic N) is 2. The molecule has 0 aliphatic carbocycles. The normalized spacial score (nSPS) is 17.1. The van der Waals surface area contributed by atoms with Crippen molar-refractivity contribution in [2.45, 2.75) is 37.0 Å². The van der Waals surface area contributed by atoms with E-state index in [-0.39, 0.29) is 0 Å². The Kier molecular flexibility index (Phi) is 4.62. The Morgan fingerprint density at radius 1 is 1.41 bits per heavy atom. The number of ether oxygens (including phenoxy) is 1. The lowest BCUT2D eigenvalue weighted by molar-refractivity contribution is 0.1000. The van der Waals surface area contributed by atoms with Crippen molar-refractivity contribution in [3.05, 3.63) is 11.9 Å². The predicted molar refractivity (Wildman–Crippen MR) is 70.6 cm³/mol. The van der Waals surface area contributed by atoms with Gasteiger partial charge >= 0.3 is 0 Å². The molecule has 1 aliphatic rings. The SMILES string of the molecule is CCNc1cc(SC2CCOCC2)nc(C)n1. The van der Waals surface area contributed by atoms with Crippen LogP contribution in [0.3, 0.4) is 0 Å². The van der Waals surface area contributed by atoms with Gasteiger partial charge in [0.25, 0.3) is 0 Å². The maximum Gasteiger partial charge on any atom is 0.130 e. The number of hydrogen-bond acceptors (Lipinski definition) is 5. The van der Waals surface area contributed by atoms with E-state index in [1.807, 2.05) is 24.8 Å². The number of nitrogens with one attached hydrogen (secondary N) is 1. The molecule has 1 saturated heterocycles. The summed E-state index contributed by atoms with van der Waals surface area (Å²) in [6.07, 6.45) is 2.23. The molecule has 5 heteroatoms. The fraction of sp³-hybridized carbons (Fsp3) is 0.667. The zero-order chi connectivity index (χ0) is 12.1. The van der Waals surface area contributed by atoms with Gasteiger partial charge in [-0.05, 0) is 26.7 Å². The molecule has 4 nitrogen and oxygen atoms in total. The molecule has 0 bridgehead atoms. The molecule has 0 amide bonds. The molecule has 1 aliphatic heterocycles. The molecule has 1 aromatic rings. The number of hydrogen-bond donors (Lipinski definition) is 1. The molecular weight excluding hydrogens is 234 g/mol. The van der Waals surface area contributed by atoms with E-state index < -0.39 is 0 Å². The summed E-state index contributed by atoms with van der Waals surface area (Å²) < 4.78 is 5.36. The molecule has 0 spiro atoms. The molecule has 0 saturated carbocycles. The Labute approximate surface area is 107 Å². The number of aryl methyl sites for hydroxylation is 1. The smallest absolute Gasteiger partial charge is 0.130 e. The molecule has 2 heterocycles. The van der Waals surface area contributed by atoms with E-state index in [0.29, 0.717) is 5.25 Å². The average Bonchev–Trinajstić information content (AvgIpc) is 2.30. The summed E-state index contributed by atoms with van der Waals surface area (Å²) in [6, 6.07) is 2.04. The molecule has 0 atom stereocenters. The highest BCUT2D eigenvalue weighted by atomic mass is 32.2. The summed E-state index contributed by atoms with van der Waals surface area (Å²) in [5.74, 6) is 1.76. The first-order valence-electron chi connectivity index (χ1n) is 6.12. The highest BCUT2D eigenvalue weighted by Gasteiger charge is 2.16. The second-order valence-electron chi connectivity index (χ2n) is 4.10. The zero-order valence-corrected chi connectivity index (χ0v) is 11.2. The van der Waals surface area contributed by atoms with Crippen molar-refractivity contribution < 1.29 is 4.74 Å². The average molecular weight is 253 g/mol. The van der Waals surface area contributed by atoms with Crippen LogP contribution in [0.5, 0.6) is 0 Å². The topological polar surface area (TPSA) is 47.0 Å². The van der Waals surface area contributed by atoms with E-state index in [1.54, 1.807) is 0 Å². The first kappa shape index (κ1) is 12.6. The molecule has 17 heavy (non-hydrogen) atoms. The number of thioether (sulfide) groups is 1. The van der Waals surface area contributed by atoms with Gasteiger partial charge < -0.3 is 10.1 Å². The van der Waals surface area contributed by atoms with Gasteiger partial charge in [-0.15, -0.1) is 11.8 Å². The Morgan fingerprint density at radius 3 is 2.88 bits per heavy atom. The van der Waals surface area contributed by atoms with Crippen LogP contribution in [-0.4, -0.2) is 35.0 Å². The van der Waals surface area contributed by atoms with Crippen molar-refractivity contribution in [1.29, 1.82) is 0 Å². The summed E-state index contributed by atoms with van der Waals surface area (Å²) in [7, 11) is 0. The van der Waals surface area contributed by atoms with Crippen LogP contribution in [0.1, 0.15) is 25.6 Å². The largest absolute Gasteiger partial charge is 0.381 e. The molecule has 0 radical (unpaired) electrons. The quantitative estimate of drug-likeness (QED) is 0.835.